The highest BCUT2D eigenvalue weighted by molar-refractivity contribution is 9.09. The maximum absolute atomic E-state index is 5.91. The highest BCUT2D eigenvalue weighted by atomic mass is 79.9. The molecule has 1 aliphatic rings. The van der Waals surface area contributed by atoms with Crippen molar-refractivity contribution in [3.8, 4) is 0 Å². The van der Waals surface area contributed by atoms with Crippen LogP contribution in [0, 0.1) is 0 Å². The van der Waals surface area contributed by atoms with Gasteiger partial charge in [0.05, 0.1) is 14.8 Å². The Hall–Kier alpha value is 0.430. The van der Waals surface area contributed by atoms with Crippen LogP contribution in [0.1, 0.15) is 29.5 Å². The maximum atomic E-state index is 5.91. The second kappa shape index (κ2) is 4.12. The number of thiophene rings is 1. The molecule has 14 heavy (non-hydrogen) atoms. The van der Waals surface area contributed by atoms with E-state index in [1.807, 2.05) is 6.07 Å². The van der Waals surface area contributed by atoms with Crippen molar-refractivity contribution in [1.29, 1.82) is 0 Å². The highest BCUT2D eigenvalue weighted by Gasteiger charge is 2.38. The predicted octanol–water partition coefficient (Wildman–Crippen LogP) is 4.41. The Balaban J connectivity index is 2.18. The fourth-order valence-corrected chi connectivity index (χ4v) is 3.74. The summed E-state index contributed by atoms with van der Waals surface area (Å²) in [6.45, 7) is 3.03. The normalized spacial score (nSPS) is 29.4. The minimum absolute atomic E-state index is 0.0613. The summed E-state index contributed by atoms with van der Waals surface area (Å²) in [6.07, 6.45) is 2.26. The van der Waals surface area contributed by atoms with Gasteiger partial charge in [-0.1, -0.05) is 27.5 Å². The lowest BCUT2D eigenvalue weighted by Gasteiger charge is -2.28. The van der Waals surface area contributed by atoms with Gasteiger partial charge in [0.1, 0.15) is 0 Å². The molecule has 0 aliphatic carbocycles. The van der Waals surface area contributed by atoms with Crippen molar-refractivity contribution in [2.24, 2.45) is 0 Å². The molecule has 1 aliphatic heterocycles. The molecule has 1 nitrogen and oxygen atoms in total. The zero-order chi connectivity index (χ0) is 10.2. The molecule has 2 rings (SSSR count). The summed E-state index contributed by atoms with van der Waals surface area (Å²) in [5, 5.41) is 0. The Morgan fingerprint density at radius 3 is 2.93 bits per heavy atom. The zero-order valence-electron chi connectivity index (χ0n) is 7.93. The lowest BCUT2D eigenvalue weighted by Crippen LogP contribution is -2.27. The topological polar surface area (TPSA) is 9.23 Å². The lowest BCUT2D eigenvalue weighted by molar-refractivity contribution is 0.0204. The van der Waals surface area contributed by atoms with Gasteiger partial charge >= 0.3 is 0 Å². The van der Waals surface area contributed by atoms with E-state index in [0.717, 1.165) is 23.8 Å². The number of halogens is 2. The van der Waals surface area contributed by atoms with E-state index >= 15 is 0 Å². The second-order valence-corrected chi connectivity index (χ2v) is 6.43. The molecular formula is C10H12BrClOS. The summed E-state index contributed by atoms with van der Waals surface area (Å²) in [4.78, 5) is 1.51. The van der Waals surface area contributed by atoms with Crippen LogP contribution in [0.2, 0.25) is 4.34 Å². The first-order valence-corrected chi connectivity index (χ1v) is 6.76. The third kappa shape index (κ3) is 2.01. The fourth-order valence-electron chi connectivity index (χ4n) is 1.77. The summed E-state index contributed by atoms with van der Waals surface area (Å²) in [6, 6.07) is 4.01. The Morgan fingerprint density at radius 1 is 1.64 bits per heavy atom. The molecule has 4 heteroatoms. The largest absolute Gasteiger partial charge is 0.374 e. The Labute approximate surface area is 102 Å². The van der Waals surface area contributed by atoms with Crippen molar-refractivity contribution < 1.29 is 4.74 Å². The molecule has 0 N–H and O–H groups in total. The summed E-state index contributed by atoms with van der Waals surface area (Å²) >= 11 is 11.2. The van der Waals surface area contributed by atoms with Crippen LogP contribution in [0.5, 0.6) is 0 Å². The molecule has 0 amide bonds. The zero-order valence-corrected chi connectivity index (χ0v) is 11.1. The van der Waals surface area contributed by atoms with Gasteiger partial charge in [-0.05, 0) is 31.9 Å². The molecule has 78 valence electrons. The number of hydrogen-bond acceptors (Lipinski definition) is 2. The predicted molar refractivity (Wildman–Crippen MR) is 64.6 cm³/mol. The average molecular weight is 296 g/mol. The number of rotatable bonds is 2. The summed E-state index contributed by atoms with van der Waals surface area (Å²) in [5.41, 5.74) is -0.0613. The SMILES string of the molecule is CC1(C(Br)c2ccc(Cl)s2)CCCO1. The number of hydrogen-bond donors (Lipinski definition) is 0. The molecule has 0 radical (unpaired) electrons. The molecule has 1 aromatic heterocycles. The molecule has 2 atom stereocenters. The average Bonchev–Trinajstić information content (AvgIpc) is 2.74. The molecule has 0 saturated carbocycles. The van der Waals surface area contributed by atoms with E-state index in [1.165, 1.54) is 4.88 Å². The standard InChI is InChI=1S/C10H12BrClOS/c1-10(5-2-6-13-10)9(11)7-3-4-8(12)14-7/h3-4,9H,2,5-6H2,1H3. The first kappa shape index (κ1) is 10.9. The van der Waals surface area contributed by atoms with Gasteiger partial charge < -0.3 is 4.74 Å². The molecule has 0 bridgehead atoms. The molecule has 2 heterocycles. The van der Waals surface area contributed by atoms with Gasteiger partial charge in [0.2, 0.25) is 0 Å². The van der Waals surface area contributed by atoms with Crippen molar-refractivity contribution in [3.05, 3.63) is 21.3 Å². The molecule has 1 fully saturated rings. The van der Waals surface area contributed by atoms with Crippen molar-refractivity contribution in [3.63, 3.8) is 0 Å². The van der Waals surface area contributed by atoms with Crippen molar-refractivity contribution in [2.75, 3.05) is 6.61 Å². The van der Waals surface area contributed by atoms with Crippen LogP contribution in [0.4, 0.5) is 0 Å². The van der Waals surface area contributed by atoms with Gasteiger partial charge in [-0.15, -0.1) is 11.3 Å². The lowest BCUT2D eigenvalue weighted by atomic mass is 9.98. The van der Waals surface area contributed by atoms with E-state index in [-0.39, 0.29) is 10.4 Å². The molecule has 0 spiro atoms. The van der Waals surface area contributed by atoms with Crippen LogP contribution < -0.4 is 0 Å². The van der Waals surface area contributed by atoms with Gasteiger partial charge in [-0.3, -0.25) is 0 Å². The van der Waals surface area contributed by atoms with Crippen LogP contribution in [0.3, 0.4) is 0 Å². The minimum atomic E-state index is -0.0613. The van der Waals surface area contributed by atoms with E-state index in [1.54, 1.807) is 11.3 Å². The van der Waals surface area contributed by atoms with E-state index in [9.17, 15) is 0 Å². The molecule has 2 unspecified atom stereocenters. The Bertz CT molecular complexity index is 320. The van der Waals surface area contributed by atoms with E-state index in [0.29, 0.717) is 0 Å². The van der Waals surface area contributed by atoms with Gasteiger partial charge in [-0.2, -0.15) is 0 Å². The fraction of sp³-hybridized carbons (Fsp3) is 0.600. The van der Waals surface area contributed by atoms with Gasteiger partial charge in [0.15, 0.2) is 0 Å². The van der Waals surface area contributed by atoms with Crippen LogP contribution >= 0.6 is 38.9 Å². The Kier molecular flexibility index (Phi) is 3.22. The highest BCUT2D eigenvalue weighted by Crippen LogP contribution is 2.45. The van der Waals surface area contributed by atoms with Crippen molar-refractivity contribution in [1.82, 2.24) is 0 Å². The first-order valence-electron chi connectivity index (χ1n) is 4.65. The quantitative estimate of drug-likeness (QED) is 0.735. The van der Waals surface area contributed by atoms with Crippen LogP contribution in [0.15, 0.2) is 12.1 Å². The van der Waals surface area contributed by atoms with E-state index < -0.39 is 0 Å². The monoisotopic (exact) mass is 294 g/mol. The minimum Gasteiger partial charge on any atom is -0.374 e. The maximum Gasteiger partial charge on any atom is 0.0931 e. The molecular weight excluding hydrogens is 284 g/mol. The van der Waals surface area contributed by atoms with E-state index in [4.69, 9.17) is 16.3 Å². The molecule has 0 aromatic carbocycles. The Morgan fingerprint density at radius 2 is 2.43 bits per heavy atom. The van der Waals surface area contributed by atoms with Crippen molar-refractivity contribution >= 4 is 38.9 Å². The number of ether oxygens (including phenoxy) is 1. The van der Waals surface area contributed by atoms with Gasteiger partial charge in [0, 0.05) is 11.5 Å². The van der Waals surface area contributed by atoms with Crippen LogP contribution in [-0.4, -0.2) is 12.2 Å². The second-order valence-electron chi connectivity index (χ2n) is 3.77. The third-order valence-electron chi connectivity index (χ3n) is 2.63. The van der Waals surface area contributed by atoms with Gasteiger partial charge in [-0.25, -0.2) is 0 Å². The molecule has 1 saturated heterocycles. The third-order valence-corrected chi connectivity index (χ3v) is 5.69. The van der Waals surface area contributed by atoms with E-state index in [2.05, 4.69) is 28.9 Å². The summed E-state index contributed by atoms with van der Waals surface area (Å²) < 4.78 is 6.62. The summed E-state index contributed by atoms with van der Waals surface area (Å²) in [7, 11) is 0. The first-order chi connectivity index (χ1) is 6.62. The summed E-state index contributed by atoms with van der Waals surface area (Å²) in [5.74, 6) is 0. The number of alkyl halides is 1. The van der Waals surface area contributed by atoms with Crippen LogP contribution in [-0.2, 0) is 4.74 Å². The smallest absolute Gasteiger partial charge is 0.0931 e. The van der Waals surface area contributed by atoms with Crippen molar-refractivity contribution in [2.45, 2.75) is 30.2 Å². The molecule has 1 aromatic rings. The van der Waals surface area contributed by atoms with Crippen LogP contribution in [0.25, 0.3) is 0 Å². The van der Waals surface area contributed by atoms with Gasteiger partial charge in [0.25, 0.3) is 0 Å².